The minimum atomic E-state index is -3.42. The minimum Gasteiger partial charge on any atom is -0.493 e. The number of rotatable bonds is 13. The van der Waals surface area contributed by atoms with Gasteiger partial charge < -0.3 is 9.64 Å². The first-order chi connectivity index (χ1) is 21.2. The molecule has 0 saturated carbocycles. The molecule has 1 aromatic heterocycles. The molecule has 1 N–H and O–H groups in total. The van der Waals surface area contributed by atoms with Crippen LogP contribution in [0.2, 0.25) is 0 Å². The molecular formula is C35H35N3O4S2. The molecule has 0 spiro atoms. The van der Waals surface area contributed by atoms with Crippen molar-refractivity contribution in [2.45, 2.75) is 33.4 Å². The Labute approximate surface area is 263 Å². The highest BCUT2D eigenvalue weighted by atomic mass is 32.2. The van der Waals surface area contributed by atoms with Crippen molar-refractivity contribution < 1.29 is 17.9 Å². The molecule has 226 valence electrons. The summed E-state index contributed by atoms with van der Waals surface area (Å²) in [5.41, 5.74) is 8.49. The summed E-state index contributed by atoms with van der Waals surface area (Å²) in [6, 6.07) is 30.7. The molecule has 0 aliphatic rings. The van der Waals surface area contributed by atoms with Crippen LogP contribution in [0, 0.1) is 13.8 Å². The number of hydrogen-bond acceptors (Lipinski definition) is 7. The predicted octanol–water partition coefficient (Wildman–Crippen LogP) is 7.19. The maximum atomic E-state index is 13.4. The van der Waals surface area contributed by atoms with Crippen LogP contribution >= 0.6 is 11.3 Å². The fourth-order valence-corrected chi connectivity index (χ4v) is 6.39. The Morgan fingerprint density at radius 3 is 2.25 bits per heavy atom. The zero-order valence-electron chi connectivity index (χ0n) is 25.0. The number of aromatic nitrogens is 1. The molecule has 0 aliphatic carbocycles. The van der Waals surface area contributed by atoms with Crippen LogP contribution in [0.25, 0.3) is 0 Å². The highest BCUT2D eigenvalue weighted by Gasteiger charge is 2.16. The predicted molar refractivity (Wildman–Crippen MR) is 178 cm³/mol. The second-order valence-electron chi connectivity index (χ2n) is 10.7. The molecule has 44 heavy (non-hydrogen) atoms. The smallest absolute Gasteiger partial charge is 0.229 e. The van der Waals surface area contributed by atoms with Gasteiger partial charge in [-0.15, -0.1) is 11.3 Å². The van der Waals surface area contributed by atoms with Crippen molar-refractivity contribution in [3.63, 3.8) is 0 Å². The lowest BCUT2D eigenvalue weighted by molar-refractivity contribution is 0.103. The molecule has 0 atom stereocenters. The second-order valence-corrected chi connectivity index (χ2v) is 13.4. The molecule has 0 saturated heterocycles. The van der Waals surface area contributed by atoms with E-state index in [-0.39, 0.29) is 5.78 Å². The van der Waals surface area contributed by atoms with Crippen LogP contribution in [0.4, 0.5) is 11.4 Å². The van der Waals surface area contributed by atoms with Crippen molar-refractivity contribution in [2.24, 2.45) is 0 Å². The standard InChI is InChI=1S/C35H35N3O4S2/c1-25-32(37-44(3,40)41)13-8-14-33(25)38(22-27-9-5-4-6-10-27)23-28-15-17-29(18-16-28)35(39)30-11-7-12-31(21-30)42-20-19-34-26(2)36-24-43-34/h4-18,21,24,37H,19-20,22-23H2,1-3H3. The first-order valence-electron chi connectivity index (χ1n) is 14.3. The fraction of sp³-hybridized carbons (Fsp3) is 0.200. The summed E-state index contributed by atoms with van der Waals surface area (Å²) in [5.74, 6) is 0.589. The number of carbonyl (C=O) groups is 1. The molecule has 9 heteroatoms. The van der Waals surface area contributed by atoms with Crippen LogP contribution in [0.3, 0.4) is 0 Å². The van der Waals surface area contributed by atoms with Crippen molar-refractivity contribution in [3.8, 4) is 5.75 Å². The summed E-state index contributed by atoms with van der Waals surface area (Å²) in [4.78, 5) is 21.1. The van der Waals surface area contributed by atoms with E-state index in [0.29, 0.717) is 42.3 Å². The molecule has 0 amide bonds. The van der Waals surface area contributed by atoms with Crippen LogP contribution in [-0.4, -0.2) is 32.0 Å². The van der Waals surface area contributed by atoms with Gasteiger partial charge in [0.1, 0.15) is 5.75 Å². The number of nitrogens with one attached hydrogen (secondary N) is 1. The lowest BCUT2D eigenvalue weighted by Crippen LogP contribution is -2.23. The normalized spacial score (nSPS) is 11.2. The van der Waals surface area contributed by atoms with E-state index in [1.807, 2.05) is 86.1 Å². The molecule has 5 rings (SSSR count). The number of carbonyl (C=O) groups excluding carboxylic acids is 1. The van der Waals surface area contributed by atoms with Gasteiger partial charge in [0.05, 0.1) is 29.8 Å². The van der Waals surface area contributed by atoms with E-state index < -0.39 is 10.0 Å². The average molecular weight is 626 g/mol. The summed E-state index contributed by atoms with van der Waals surface area (Å²) in [6.07, 6.45) is 1.92. The fourth-order valence-electron chi connectivity index (χ4n) is 5.01. The number of hydrogen-bond donors (Lipinski definition) is 1. The SMILES string of the molecule is Cc1ncsc1CCOc1cccc(C(=O)c2ccc(CN(Cc3ccccc3)c3cccc(NS(C)(=O)=O)c3C)cc2)c1. The highest BCUT2D eigenvalue weighted by Crippen LogP contribution is 2.30. The average Bonchev–Trinajstić information content (AvgIpc) is 3.42. The summed E-state index contributed by atoms with van der Waals surface area (Å²) in [6.45, 7) is 5.62. The van der Waals surface area contributed by atoms with Gasteiger partial charge in [0.25, 0.3) is 0 Å². The summed E-state index contributed by atoms with van der Waals surface area (Å²) >= 11 is 1.62. The molecule has 7 nitrogen and oxygen atoms in total. The quantitative estimate of drug-likeness (QED) is 0.139. The van der Waals surface area contributed by atoms with Gasteiger partial charge in [-0.3, -0.25) is 9.52 Å². The van der Waals surface area contributed by atoms with Crippen LogP contribution in [0.15, 0.2) is 103 Å². The van der Waals surface area contributed by atoms with E-state index in [4.69, 9.17) is 4.74 Å². The van der Waals surface area contributed by atoms with E-state index in [2.05, 4.69) is 26.7 Å². The zero-order chi connectivity index (χ0) is 31.1. The third-order valence-corrected chi connectivity index (χ3v) is 8.87. The van der Waals surface area contributed by atoms with E-state index in [0.717, 1.165) is 40.7 Å². The van der Waals surface area contributed by atoms with Crippen molar-refractivity contribution in [1.82, 2.24) is 4.98 Å². The van der Waals surface area contributed by atoms with Crippen molar-refractivity contribution >= 4 is 38.5 Å². The Morgan fingerprint density at radius 2 is 1.57 bits per heavy atom. The van der Waals surface area contributed by atoms with Gasteiger partial charge in [0.15, 0.2) is 5.78 Å². The maximum absolute atomic E-state index is 13.4. The number of anilines is 2. The number of sulfonamides is 1. The maximum Gasteiger partial charge on any atom is 0.229 e. The van der Waals surface area contributed by atoms with Gasteiger partial charge >= 0.3 is 0 Å². The van der Waals surface area contributed by atoms with Crippen molar-refractivity contribution in [1.29, 1.82) is 0 Å². The van der Waals surface area contributed by atoms with Crippen molar-refractivity contribution in [3.05, 3.63) is 141 Å². The van der Waals surface area contributed by atoms with Crippen LogP contribution in [0.1, 0.15) is 43.2 Å². The van der Waals surface area contributed by atoms with E-state index in [1.165, 1.54) is 4.88 Å². The first-order valence-corrected chi connectivity index (χ1v) is 17.0. The van der Waals surface area contributed by atoms with Gasteiger partial charge in [0.2, 0.25) is 10.0 Å². The first kappa shape index (κ1) is 31.0. The largest absolute Gasteiger partial charge is 0.493 e. The van der Waals surface area contributed by atoms with Gasteiger partial charge in [-0.1, -0.05) is 72.8 Å². The third-order valence-electron chi connectivity index (χ3n) is 7.29. The number of ether oxygens (including phenoxy) is 1. The van der Waals surface area contributed by atoms with Gasteiger partial charge in [-0.2, -0.15) is 0 Å². The highest BCUT2D eigenvalue weighted by molar-refractivity contribution is 7.92. The molecule has 5 aromatic rings. The van der Waals surface area contributed by atoms with Gasteiger partial charge in [-0.05, 0) is 54.8 Å². The van der Waals surface area contributed by atoms with Crippen LogP contribution < -0.4 is 14.4 Å². The number of benzene rings is 4. The second kappa shape index (κ2) is 13.9. The number of aryl methyl sites for hydroxylation is 1. The minimum absolute atomic E-state index is 0.0724. The van der Waals surface area contributed by atoms with E-state index in [1.54, 1.807) is 29.5 Å². The lowest BCUT2D eigenvalue weighted by atomic mass is 10.0. The summed E-state index contributed by atoms with van der Waals surface area (Å²) < 4.78 is 32.5. The Bertz CT molecular complexity index is 1840. The molecule has 1 heterocycles. The topological polar surface area (TPSA) is 88.6 Å². The molecule has 0 unspecified atom stereocenters. The molecule has 0 fully saturated rings. The van der Waals surface area contributed by atoms with Crippen molar-refractivity contribution in [2.75, 3.05) is 22.5 Å². The van der Waals surface area contributed by atoms with E-state index >= 15 is 0 Å². The van der Waals surface area contributed by atoms with E-state index in [9.17, 15) is 13.2 Å². The number of nitrogens with zero attached hydrogens (tertiary/aromatic N) is 2. The van der Waals surface area contributed by atoms with Crippen LogP contribution in [0.5, 0.6) is 5.75 Å². The van der Waals surface area contributed by atoms with Gasteiger partial charge in [-0.25, -0.2) is 13.4 Å². The monoisotopic (exact) mass is 625 g/mol. The molecule has 0 radical (unpaired) electrons. The number of ketones is 1. The summed E-state index contributed by atoms with van der Waals surface area (Å²) in [5, 5.41) is 0. The third kappa shape index (κ3) is 8.12. The Balaban J connectivity index is 1.31. The Morgan fingerprint density at radius 1 is 0.864 bits per heavy atom. The Kier molecular flexibility index (Phi) is 9.77. The summed E-state index contributed by atoms with van der Waals surface area (Å²) in [7, 11) is -3.42. The van der Waals surface area contributed by atoms with Gasteiger partial charge in [0, 0.05) is 41.2 Å². The molecular weight excluding hydrogens is 591 g/mol. The molecule has 4 aromatic carbocycles. The van der Waals surface area contributed by atoms with Crippen LogP contribution in [-0.2, 0) is 29.5 Å². The number of thiazole rings is 1. The Hall–Kier alpha value is -4.47. The zero-order valence-corrected chi connectivity index (χ0v) is 26.6. The lowest BCUT2D eigenvalue weighted by Gasteiger charge is -2.28. The molecule has 0 bridgehead atoms. The molecule has 0 aliphatic heterocycles.